The molecule has 0 radical (unpaired) electrons. The van der Waals surface area contributed by atoms with Crippen LogP contribution < -0.4 is 0 Å². The van der Waals surface area contributed by atoms with Crippen LogP contribution in [-0.4, -0.2) is 51.0 Å². The van der Waals surface area contributed by atoms with Crippen LogP contribution in [0.25, 0.3) is 0 Å². The second-order valence-corrected chi connectivity index (χ2v) is 6.28. The maximum atomic E-state index is 5.63. The summed E-state index contributed by atoms with van der Waals surface area (Å²) in [7, 11) is 5.78. The van der Waals surface area contributed by atoms with Crippen LogP contribution in [0.2, 0.25) is 0 Å². The molecule has 0 aromatic carbocycles. The van der Waals surface area contributed by atoms with E-state index in [1.165, 1.54) is 0 Å². The first kappa shape index (κ1) is 19.2. The summed E-state index contributed by atoms with van der Waals surface area (Å²) in [5.41, 5.74) is -0.0803. The fourth-order valence-electron chi connectivity index (χ4n) is 0.945. The predicted molar refractivity (Wildman–Crippen MR) is 75.6 cm³/mol. The highest BCUT2D eigenvalue weighted by Gasteiger charge is 2.15. The highest BCUT2D eigenvalue weighted by Crippen LogP contribution is 2.08. The lowest BCUT2D eigenvalue weighted by Crippen LogP contribution is -2.34. The topological polar surface area (TPSA) is 21.7 Å². The summed E-state index contributed by atoms with van der Waals surface area (Å²) < 4.78 is 10.9. The molecule has 0 spiro atoms. The standard InChI is InChI=1S/C10H23NO2.C4H10/c1-10(2,3)13-8-9(12-6)7-11(4)5;1-4(2)3/h9H,7-8H2,1-6H3;4H,1-3H3. The van der Waals surface area contributed by atoms with Gasteiger partial charge in [0.1, 0.15) is 0 Å². The molecule has 0 aliphatic heterocycles. The molecule has 0 saturated carbocycles. The van der Waals surface area contributed by atoms with E-state index < -0.39 is 0 Å². The van der Waals surface area contributed by atoms with E-state index in [0.717, 1.165) is 12.5 Å². The fourth-order valence-corrected chi connectivity index (χ4v) is 0.945. The predicted octanol–water partition coefficient (Wildman–Crippen LogP) is 3.04. The molecule has 0 aromatic rings. The van der Waals surface area contributed by atoms with E-state index in [4.69, 9.17) is 9.47 Å². The van der Waals surface area contributed by atoms with Gasteiger partial charge in [-0.05, 0) is 40.8 Å². The molecular formula is C14H33NO2. The van der Waals surface area contributed by atoms with Gasteiger partial charge in [0.2, 0.25) is 0 Å². The molecule has 0 amide bonds. The Bertz CT molecular complexity index is 159. The molecule has 1 atom stereocenters. The quantitative estimate of drug-likeness (QED) is 0.745. The Labute approximate surface area is 108 Å². The summed E-state index contributed by atoms with van der Waals surface area (Å²) in [5, 5.41) is 0. The smallest absolute Gasteiger partial charge is 0.0931 e. The number of rotatable bonds is 5. The lowest BCUT2D eigenvalue weighted by atomic mass is 10.2. The average Bonchev–Trinajstić information content (AvgIpc) is 2.09. The zero-order valence-corrected chi connectivity index (χ0v) is 13.3. The third-order valence-electron chi connectivity index (χ3n) is 1.60. The van der Waals surface area contributed by atoms with Gasteiger partial charge in [0, 0.05) is 13.7 Å². The molecule has 0 rings (SSSR count). The van der Waals surface area contributed by atoms with Crippen molar-refractivity contribution >= 4 is 0 Å². The van der Waals surface area contributed by atoms with Gasteiger partial charge in [0.05, 0.1) is 18.3 Å². The van der Waals surface area contributed by atoms with E-state index in [1.54, 1.807) is 7.11 Å². The molecule has 106 valence electrons. The molecule has 0 aliphatic rings. The lowest BCUT2D eigenvalue weighted by molar-refractivity contribution is -0.0658. The number of hydrogen-bond donors (Lipinski definition) is 0. The summed E-state index contributed by atoms with van der Waals surface area (Å²) in [6, 6.07) is 0. The van der Waals surface area contributed by atoms with E-state index in [-0.39, 0.29) is 11.7 Å². The Morgan fingerprint density at radius 2 is 1.47 bits per heavy atom. The molecule has 3 nitrogen and oxygen atoms in total. The highest BCUT2D eigenvalue weighted by atomic mass is 16.5. The normalized spacial score (nSPS) is 13.6. The zero-order chi connectivity index (χ0) is 14.1. The van der Waals surface area contributed by atoms with E-state index >= 15 is 0 Å². The van der Waals surface area contributed by atoms with Crippen molar-refractivity contribution in [3.05, 3.63) is 0 Å². The minimum atomic E-state index is -0.0803. The van der Waals surface area contributed by atoms with Crippen molar-refractivity contribution in [1.82, 2.24) is 4.90 Å². The van der Waals surface area contributed by atoms with Crippen molar-refractivity contribution in [3.8, 4) is 0 Å². The zero-order valence-electron chi connectivity index (χ0n) is 13.3. The largest absolute Gasteiger partial charge is 0.378 e. The van der Waals surface area contributed by atoms with Crippen LogP contribution in [0.5, 0.6) is 0 Å². The summed E-state index contributed by atoms with van der Waals surface area (Å²) in [4.78, 5) is 2.10. The first-order valence-corrected chi connectivity index (χ1v) is 6.40. The fraction of sp³-hybridized carbons (Fsp3) is 1.00. The summed E-state index contributed by atoms with van der Waals surface area (Å²) >= 11 is 0. The molecule has 3 heteroatoms. The molecule has 0 saturated heterocycles. The van der Waals surface area contributed by atoms with Gasteiger partial charge < -0.3 is 14.4 Å². The Kier molecular flexibility index (Phi) is 11.2. The Morgan fingerprint density at radius 1 is 1.06 bits per heavy atom. The number of hydrogen-bond acceptors (Lipinski definition) is 3. The first-order valence-electron chi connectivity index (χ1n) is 6.40. The summed E-state index contributed by atoms with van der Waals surface area (Å²) in [5.74, 6) is 0.833. The van der Waals surface area contributed by atoms with E-state index in [1.807, 2.05) is 14.1 Å². The molecule has 17 heavy (non-hydrogen) atoms. The van der Waals surface area contributed by atoms with Crippen LogP contribution in [0.1, 0.15) is 41.5 Å². The van der Waals surface area contributed by atoms with E-state index in [0.29, 0.717) is 6.61 Å². The molecule has 0 aliphatic carbocycles. The molecule has 0 bridgehead atoms. The maximum absolute atomic E-state index is 5.63. The van der Waals surface area contributed by atoms with Gasteiger partial charge in [-0.1, -0.05) is 20.8 Å². The monoisotopic (exact) mass is 247 g/mol. The molecule has 0 aromatic heterocycles. The summed E-state index contributed by atoms with van der Waals surface area (Å²) in [6.07, 6.45) is 0.161. The van der Waals surface area contributed by atoms with Gasteiger partial charge in [-0.15, -0.1) is 0 Å². The highest BCUT2D eigenvalue weighted by molar-refractivity contribution is 4.64. The Morgan fingerprint density at radius 3 is 1.71 bits per heavy atom. The van der Waals surface area contributed by atoms with Gasteiger partial charge in [-0.25, -0.2) is 0 Å². The van der Waals surface area contributed by atoms with Gasteiger partial charge >= 0.3 is 0 Å². The number of ether oxygens (including phenoxy) is 2. The van der Waals surface area contributed by atoms with Gasteiger partial charge in [0.25, 0.3) is 0 Å². The van der Waals surface area contributed by atoms with Crippen LogP contribution in [0.4, 0.5) is 0 Å². The second kappa shape index (κ2) is 9.86. The van der Waals surface area contributed by atoms with Crippen LogP contribution >= 0.6 is 0 Å². The van der Waals surface area contributed by atoms with Crippen molar-refractivity contribution < 1.29 is 9.47 Å². The number of methoxy groups -OCH3 is 1. The summed E-state index contributed by atoms with van der Waals surface area (Å²) in [6.45, 7) is 14.2. The van der Waals surface area contributed by atoms with E-state index in [9.17, 15) is 0 Å². The molecule has 0 N–H and O–H groups in total. The van der Waals surface area contributed by atoms with E-state index in [2.05, 4.69) is 46.4 Å². The third-order valence-corrected chi connectivity index (χ3v) is 1.60. The van der Waals surface area contributed by atoms with Crippen molar-refractivity contribution in [2.75, 3.05) is 34.4 Å². The number of likely N-dealkylation sites (N-methyl/N-ethyl adjacent to an activating group) is 1. The molecule has 0 fully saturated rings. The maximum Gasteiger partial charge on any atom is 0.0931 e. The van der Waals surface area contributed by atoms with Crippen molar-refractivity contribution in [2.24, 2.45) is 5.92 Å². The van der Waals surface area contributed by atoms with Crippen molar-refractivity contribution in [3.63, 3.8) is 0 Å². The second-order valence-electron chi connectivity index (χ2n) is 6.28. The van der Waals surface area contributed by atoms with Crippen LogP contribution in [-0.2, 0) is 9.47 Å². The van der Waals surface area contributed by atoms with Gasteiger partial charge in [0.15, 0.2) is 0 Å². The SMILES string of the molecule is CC(C)C.COC(COC(C)(C)C)CN(C)C. The Balaban J connectivity index is 0. The molecule has 1 unspecified atom stereocenters. The van der Waals surface area contributed by atoms with Gasteiger partial charge in [-0.2, -0.15) is 0 Å². The minimum absolute atomic E-state index is 0.0803. The van der Waals surface area contributed by atoms with Crippen LogP contribution in [0, 0.1) is 5.92 Å². The van der Waals surface area contributed by atoms with Gasteiger partial charge in [-0.3, -0.25) is 0 Å². The van der Waals surface area contributed by atoms with Crippen molar-refractivity contribution in [2.45, 2.75) is 53.2 Å². The molecule has 0 heterocycles. The van der Waals surface area contributed by atoms with Crippen LogP contribution in [0.15, 0.2) is 0 Å². The average molecular weight is 247 g/mol. The first-order chi connectivity index (χ1) is 7.58. The number of nitrogens with zero attached hydrogens (tertiary/aromatic N) is 1. The van der Waals surface area contributed by atoms with Crippen molar-refractivity contribution in [1.29, 1.82) is 0 Å². The third kappa shape index (κ3) is 21.7. The van der Waals surface area contributed by atoms with Crippen LogP contribution in [0.3, 0.4) is 0 Å². The molecular weight excluding hydrogens is 214 g/mol. The Hall–Kier alpha value is -0.120. The minimum Gasteiger partial charge on any atom is -0.378 e. The lowest BCUT2D eigenvalue weighted by Gasteiger charge is -2.25.